The van der Waals surface area contributed by atoms with Gasteiger partial charge in [0.15, 0.2) is 0 Å². The summed E-state index contributed by atoms with van der Waals surface area (Å²) >= 11 is 3.12. The maximum atomic E-state index is 13.4. The number of amides is 1. The predicted octanol–water partition coefficient (Wildman–Crippen LogP) is 0.847. The summed E-state index contributed by atoms with van der Waals surface area (Å²) in [5, 5.41) is 3.13. The fourth-order valence-corrected chi connectivity index (χ4v) is 2.34. The lowest BCUT2D eigenvalue weighted by atomic mass is 10.1. The molecule has 1 heterocycles. The molecule has 2 rings (SSSR count). The van der Waals surface area contributed by atoms with Gasteiger partial charge in [-0.15, -0.1) is 0 Å². The molecule has 0 bridgehead atoms. The van der Waals surface area contributed by atoms with E-state index in [0.717, 1.165) is 18.7 Å². The summed E-state index contributed by atoms with van der Waals surface area (Å²) in [6.07, 6.45) is 0. The van der Waals surface area contributed by atoms with Crippen LogP contribution < -0.4 is 11.1 Å². The Labute approximate surface area is 113 Å². The number of nitrogens with two attached hydrogens (primary N) is 1. The molecule has 0 radical (unpaired) electrons. The maximum absolute atomic E-state index is 13.4. The molecule has 1 amide bonds. The van der Waals surface area contributed by atoms with Crippen molar-refractivity contribution in [1.82, 2.24) is 10.2 Å². The molecule has 1 fully saturated rings. The Morgan fingerprint density at radius 1 is 1.61 bits per heavy atom. The number of carbonyl (C=O) groups is 1. The molecule has 3 N–H and O–H groups in total. The third-order valence-corrected chi connectivity index (χ3v) is 3.70. The van der Waals surface area contributed by atoms with Gasteiger partial charge in [-0.1, -0.05) is 6.07 Å². The van der Waals surface area contributed by atoms with E-state index >= 15 is 0 Å². The number of hydrogen-bond donors (Lipinski definition) is 2. The van der Waals surface area contributed by atoms with E-state index in [1.807, 2.05) is 11.0 Å². The topological polar surface area (TPSA) is 58.4 Å². The quantitative estimate of drug-likeness (QED) is 0.869. The van der Waals surface area contributed by atoms with Crippen molar-refractivity contribution in [3.05, 3.63) is 34.1 Å². The molecule has 1 aliphatic rings. The molecular formula is C12H15BrFN3O. The fraction of sp³-hybridized carbons (Fsp3) is 0.417. The molecule has 18 heavy (non-hydrogen) atoms. The van der Waals surface area contributed by atoms with Crippen LogP contribution in [0.2, 0.25) is 0 Å². The highest BCUT2D eigenvalue weighted by Gasteiger charge is 2.26. The van der Waals surface area contributed by atoms with Crippen molar-refractivity contribution < 1.29 is 9.18 Å². The monoisotopic (exact) mass is 315 g/mol. The predicted molar refractivity (Wildman–Crippen MR) is 70.4 cm³/mol. The van der Waals surface area contributed by atoms with E-state index in [2.05, 4.69) is 21.2 Å². The second-order valence-electron chi connectivity index (χ2n) is 4.34. The van der Waals surface area contributed by atoms with E-state index in [1.54, 1.807) is 6.07 Å². The number of halogens is 2. The lowest BCUT2D eigenvalue weighted by molar-refractivity contribution is -0.124. The number of primary amides is 1. The minimum atomic E-state index is -0.347. The van der Waals surface area contributed by atoms with Crippen LogP contribution in [0.1, 0.15) is 5.56 Å². The van der Waals surface area contributed by atoms with Crippen LogP contribution in [0.4, 0.5) is 4.39 Å². The van der Waals surface area contributed by atoms with Crippen LogP contribution in [0.3, 0.4) is 0 Å². The van der Waals surface area contributed by atoms with Crippen LogP contribution in [0.15, 0.2) is 22.7 Å². The smallest absolute Gasteiger partial charge is 0.236 e. The lowest BCUT2D eigenvalue weighted by Gasteiger charge is -2.34. The van der Waals surface area contributed by atoms with Crippen molar-refractivity contribution in [3.63, 3.8) is 0 Å². The normalized spacial score (nSPS) is 20.9. The van der Waals surface area contributed by atoms with Gasteiger partial charge >= 0.3 is 0 Å². The van der Waals surface area contributed by atoms with Crippen LogP contribution >= 0.6 is 15.9 Å². The SMILES string of the molecule is NC(=O)C1CNCCN1Cc1ccc(Br)c(F)c1. The van der Waals surface area contributed by atoms with Crippen molar-refractivity contribution in [2.45, 2.75) is 12.6 Å². The van der Waals surface area contributed by atoms with Gasteiger partial charge in [0.1, 0.15) is 11.9 Å². The first-order valence-corrected chi connectivity index (χ1v) is 6.55. The largest absolute Gasteiger partial charge is 0.368 e. The third kappa shape index (κ3) is 3.07. The Morgan fingerprint density at radius 3 is 3.06 bits per heavy atom. The Balaban J connectivity index is 2.10. The van der Waals surface area contributed by atoms with Crippen LogP contribution in [0, 0.1) is 5.82 Å². The van der Waals surface area contributed by atoms with Gasteiger partial charge in [0.2, 0.25) is 5.91 Å². The molecule has 1 saturated heterocycles. The van der Waals surface area contributed by atoms with Crippen LogP contribution in [-0.4, -0.2) is 36.5 Å². The van der Waals surface area contributed by atoms with Gasteiger partial charge in [0.25, 0.3) is 0 Å². The highest BCUT2D eigenvalue weighted by atomic mass is 79.9. The lowest BCUT2D eigenvalue weighted by Crippen LogP contribution is -2.56. The molecule has 0 aromatic heterocycles. The second-order valence-corrected chi connectivity index (χ2v) is 5.20. The summed E-state index contributed by atoms with van der Waals surface area (Å²) in [6, 6.07) is 4.66. The molecule has 1 aliphatic heterocycles. The number of hydrogen-bond acceptors (Lipinski definition) is 3. The van der Waals surface area contributed by atoms with Gasteiger partial charge in [-0.3, -0.25) is 9.69 Å². The highest BCUT2D eigenvalue weighted by molar-refractivity contribution is 9.10. The van der Waals surface area contributed by atoms with Crippen molar-refractivity contribution in [2.24, 2.45) is 5.73 Å². The van der Waals surface area contributed by atoms with Gasteiger partial charge in [-0.25, -0.2) is 4.39 Å². The highest BCUT2D eigenvalue weighted by Crippen LogP contribution is 2.18. The summed E-state index contributed by atoms with van der Waals surface area (Å²) in [4.78, 5) is 13.3. The Kier molecular flexibility index (Phi) is 4.31. The number of nitrogens with zero attached hydrogens (tertiary/aromatic N) is 1. The number of rotatable bonds is 3. The number of nitrogens with one attached hydrogen (secondary N) is 1. The minimum absolute atomic E-state index is 0.293. The zero-order valence-corrected chi connectivity index (χ0v) is 11.4. The summed E-state index contributed by atoms with van der Waals surface area (Å²) in [7, 11) is 0. The standard InChI is InChI=1S/C12H15BrFN3O/c13-9-2-1-8(5-10(9)14)7-17-4-3-16-6-11(17)12(15)18/h1-2,5,11,16H,3-4,6-7H2,(H2,15,18). The number of carbonyl (C=O) groups excluding carboxylic acids is 1. The van der Waals surface area contributed by atoms with Gasteiger partial charge < -0.3 is 11.1 Å². The molecule has 4 nitrogen and oxygen atoms in total. The van der Waals surface area contributed by atoms with Gasteiger partial charge in [0, 0.05) is 26.2 Å². The molecule has 1 unspecified atom stereocenters. The van der Waals surface area contributed by atoms with Crippen LogP contribution in [0.5, 0.6) is 0 Å². The van der Waals surface area contributed by atoms with E-state index < -0.39 is 0 Å². The molecule has 1 aromatic carbocycles. The summed E-state index contributed by atoms with van der Waals surface area (Å²) in [5.74, 6) is -0.641. The van der Waals surface area contributed by atoms with Crippen molar-refractivity contribution in [3.8, 4) is 0 Å². The van der Waals surface area contributed by atoms with Gasteiger partial charge in [-0.2, -0.15) is 0 Å². The Hall–Kier alpha value is -0.980. The Bertz CT molecular complexity index is 455. The number of piperazine rings is 1. The molecule has 6 heteroatoms. The first kappa shape index (κ1) is 13.5. The van der Waals surface area contributed by atoms with E-state index in [0.29, 0.717) is 17.6 Å². The fourth-order valence-electron chi connectivity index (χ4n) is 2.09. The molecule has 98 valence electrons. The minimum Gasteiger partial charge on any atom is -0.368 e. The first-order chi connectivity index (χ1) is 8.58. The molecule has 0 aliphatic carbocycles. The van der Waals surface area contributed by atoms with Crippen molar-refractivity contribution >= 4 is 21.8 Å². The zero-order chi connectivity index (χ0) is 13.1. The Morgan fingerprint density at radius 2 is 2.39 bits per heavy atom. The molecular weight excluding hydrogens is 301 g/mol. The summed E-state index contributed by atoms with van der Waals surface area (Å²) in [5.41, 5.74) is 6.20. The van der Waals surface area contributed by atoms with E-state index in [-0.39, 0.29) is 17.8 Å². The van der Waals surface area contributed by atoms with Crippen LogP contribution in [-0.2, 0) is 11.3 Å². The maximum Gasteiger partial charge on any atom is 0.236 e. The van der Waals surface area contributed by atoms with Crippen molar-refractivity contribution in [2.75, 3.05) is 19.6 Å². The van der Waals surface area contributed by atoms with Gasteiger partial charge in [-0.05, 0) is 33.6 Å². The van der Waals surface area contributed by atoms with Crippen LogP contribution in [0.25, 0.3) is 0 Å². The summed E-state index contributed by atoms with van der Waals surface area (Å²) < 4.78 is 13.9. The first-order valence-electron chi connectivity index (χ1n) is 5.76. The van der Waals surface area contributed by atoms with Gasteiger partial charge in [0.05, 0.1) is 4.47 Å². The average molecular weight is 316 g/mol. The molecule has 0 spiro atoms. The third-order valence-electron chi connectivity index (χ3n) is 3.05. The zero-order valence-electron chi connectivity index (χ0n) is 9.83. The number of benzene rings is 1. The van der Waals surface area contributed by atoms with E-state index in [1.165, 1.54) is 6.07 Å². The second kappa shape index (κ2) is 5.77. The van der Waals surface area contributed by atoms with E-state index in [4.69, 9.17) is 5.73 Å². The van der Waals surface area contributed by atoms with E-state index in [9.17, 15) is 9.18 Å². The van der Waals surface area contributed by atoms with Crippen molar-refractivity contribution in [1.29, 1.82) is 0 Å². The average Bonchev–Trinajstić information content (AvgIpc) is 2.34. The molecule has 1 atom stereocenters. The summed E-state index contributed by atoms with van der Waals surface area (Å²) in [6.45, 7) is 2.61. The molecule has 1 aromatic rings. The molecule has 0 saturated carbocycles.